The number of hydrogen-bond acceptors (Lipinski definition) is 3. The molecule has 0 amide bonds. The van der Waals surface area contributed by atoms with Crippen molar-refractivity contribution in [3.05, 3.63) is 15.6 Å². The van der Waals surface area contributed by atoms with Crippen LogP contribution in [0.4, 0.5) is 0 Å². The summed E-state index contributed by atoms with van der Waals surface area (Å²) in [6, 6.07) is 0. The van der Waals surface area contributed by atoms with E-state index in [9.17, 15) is 0 Å². The van der Waals surface area contributed by atoms with Gasteiger partial charge < -0.3 is 5.32 Å². The Morgan fingerprint density at radius 1 is 1.15 bits per heavy atom. The van der Waals surface area contributed by atoms with Crippen molar-refractivity contribution in [3.63, 3.8) is 0 Å². The molecule has 1 aromatic heterocycles. The summed E-state index contributed by atoms with van der Waals surface area (Å²) in [6.45, 7) is 8.78. The number of nitrogens with zero attached hydrogens (tertiary/aromatic N) is 1. The van der Waals surface area contributed by atoms with E-state index < -0.39 is 0 Å². The number of nitrogens with one attached hydrogen (secondary N) is 1. The molecule has 2 nitrogen and oxygen atoms in total. The van der Waals surface area contributed by atoms with E-state index in [-0.39, 0.29) is 0 Å². The summed E-state index contributed by atoms with van der Waals surface area (Å²) < 4.78 is 0. The van der Waals surface area contributed by atoms with E-state index in [2.05, 4.69) is 26.1 Å². The van der Waals surface area contributed by atoms with Crippen LogP contribution in [0.15, 0.2) is 0 Å². The van der Waals surface area contributed by atoms with Crippen molar-refractivity contribution in [1.29, 1.82) is 0 Å². The lowest BCUT2D eigenvalue weighted by atomic mass is 9.92. The van der Waals surface area contributed by atoms with Crippen molar-refractivity contribution >= 4 is 11.3 Å². The van der Waals surface area contributed by atoms with Gasteiger partial charge in [-0.1, -0.05) is 46.0 Å². The number of rotatable bonds is 5. The van der Waals surface area contributed by atoms with Gasteiger partial charge in [-0.2, -0.15) is 0 Å². The topological polar surface area (TPSA) is 24.9 Å². The van der Waals surface area contributed by atoms with Crippen molar-refractivity contribution < 1.29 is 0 Å². The molecule has 0 bridgehead atoms. The third-order valence-corrected chi connectivity index (χ3v) is 5.52. The zero-order chi connectivity index (χ0) is 14.4. The fourth-order valence-electron chi connectivity index (χ4n) is 2.97. The van der Waals surface area contributed by atoms with E-state index in [1.165, 1.54) is 60.5 Å². The average molecular weight is 295 g/mol. The highest BCUT2D eigenvalue weighted by Crippen LogP contribution is 2.34. The predicted molar refractivity (Wildman–Crippen MR) is 88.5 cm³/mol. The zero-order valence-electron chi connectivity index (χ0n) is 13.4. The van der Waals surface area contributed by atoms with Crippen molar-refractivity contribution in [2.24, 2.45) is 5.92 Å². The summed E-state index contributed by atoms with van der Waals surface area (Å²) in [5, 5.41) is 4.96. The molecule has 0 aliphatic heterocycles. The van der Waals surface area contributed by atoms with Gasteiger partial charge in [0, 0.05) is 17.3 Å². The van der Waals surface area contributed by atoms with Crippen LogP contribution in [-0.2, 0) is 6.54 Å². The second kappa shape index (κ2) is 8.14. The lowest BCUT2D eigenvalue weighted by Crippen LogP contribution is -2.18. The van der Waals surface area contributed by atoms with Crippen LogP contribution >= 0.6 is 11.3 Å². The fourth-order valence-corrected chi connectivity index (χ4v) is 4.17. The van der Waals surface area contributed by atoms with E-state index in [0.717, 1.165) is 19.0 Å². The Kier molecular flexibility index (Phi) is 6.50. The van der Waals surface area contributed by atoms with E-state index in [1.807, 2.05) is 11.3 Å². The van der Waals surface area contributed by atoms with Crippen LogP contribution in [0.3, 0.4) is 0 Å². The molecular formula is C17H30N2S. The first-order valence-electron chi connectivity index (χ1n) is 8.33. The van der Waals surface area contributed by atoms with E-state index in [4.69, 9.17) is 4.98 Å². The Bertz CT molecular complexity index is 390. The van der Waals surface area contributed by atoms with Crippen molar-refractivity contribution in [3.8, 4) is 0 Å². The smallest absolute Gasteiger partial charge is 0.0962 e. The molecule has 1 fully saturated rings. The summed E-state index contributed by atoms with van der Waals surface area (Å²) in [5.74, 6) is 1.45. The summed E-state index contributed by atoms with van der Waals surface area (Å²) >= 11 is 1.96. The van der Waals surface area contributed by atoms with Gasteiger partial charge in [0.25, 0.3) is 0 Å². The molecule has 3 heteroatoms. The molecule has 114 valence electrons. The average Bonchev–Trinajstić information content (AvgIpc) is 2.70. The van der Waals surface area contributed by atoms with Gasteiger partial charge in [-0.05, 0) is 32.2 Å². The molecule has 0 aromatic carbocycles. The largest absolute Gasteiger partial charge is 0.312 e. The van der Waals surface area contributed by atoms with Gasteiger partial charge in [0.05, 0.1) is 10.7 Å². The van der Waals surface area contributed by atoms with Gasteiger partial charge in [0.1, 0.15) is 0 Å². The molecule has 1 heterocycles. The van der Waals surface area contributed by atoms with Crippen molar-refractivity contribution in [2.45, 2.75) is 78.2 Å². The Morgan fingerprint density at radius 2 is 1.80 bits per heavy atom. The third-order valence-electron chi connectivity index (χ3n) is 4.20. The van der Waals surface area contributed by atoms with Gasteiger partial charge in [-0.3, -0.25) is 0 Å². The minimum atomic E-state index is 0.716. The monoisotopic (exact) mass is 294 g/mol. The summed E-state index contributed by atoms with van der Waals surface area (Å²) in [7, 11) is 0. The third kappa shape index (κ3) is 4.85. The molecule has 0 atom stereocenters. The highest BCUT2D eigenvalue weighted by Gasteiger charge is 2.18. The highest BCUT2D eigenvalue weighted by atomic mass is 32.1. The van der Waals surface area contributed by atoms with Gasteiger partial charge in [-0.15, -0.1) is 11.3 Å². The van der Waals surface area contributed by atoms with Crippen LogP contribution in [0.1, 0.15) is 80.3 Å². The van der Waals surface area contributed by atoms with Gasteiger partial charge in [0.15, 0.2) is 0 Å². The maximum absolute atomic E-state index is 4.88. The molecule has 0 spiro atoms. The first-order valence-corrected chi connectivity index (χ1v) is 9.15. The molecule has 0 unspecified atom stereocenters. The first-order chi connectivity index (χ1) is 9.66. The lowest BCUT2D eigenvalue weighted by Gasteiger charge is -2.17. The highest BCUT2D eigenvalue weighted by molar-refractivity contribution is 7.11. The summed E-state index contributed by atoms with van der Waals surface area (Å²) in [4.78, 5) is 6.33. The van der Waals surface area contributed by atoms with Crippen LogP contribution in [0.2, 0.25) is 0 Å². The van der Waals surface area contributed by atoms with Crippen LogP contribution in [-0.4, -0.2) is 11.5 Å². The second-order valence-electron chi connectivity index (χ2n) is 6.63. The second-order valence-corrected chi connectivity index (χ2v) is 7.74. The van der Waals surface area contributed by atoms with Gasteiger partial charge in [-0.25, -0.2) is 4.98 Å². The number of hydrogen-bond donors (Lipinski definition) is 1. The Hall–Kier alpha value is -0.410. The molecule has 20 heavy (non-hydrogen) atoms. The summed E-state index contributed by atoms with van der Waals surface area (Å²) in [6.07, 6.45) is 9.77. The van der Waals surface area contributed by atoms with Gasteiger partial charge >= 0.3 is 0 Å². The molecule has 1 saturated carbocycles. The maximum atomic E-state index is 4.88. The molecular weight excluding hydrogens is 264 g/mol. The van der Waals surface area contributed by atoms with E-state index in [1.54, 1.807) is 0 Å². The molecule has 0 radical (unpaired) electrons. The van der Waals surface area contributed by atoms with E-state index in [0.29, 0.717) is 5.92 Å². The quantitative estimate of drug-likeness (QED) is 0.824. The molecule has 1 N–H and O–H groups in total. The summed E-state index contributed by atoms with van der Waals surface area (Å²) in [5.41, 5.74) is 1.25. The zero-order valence-corrected chi connectivity index (χ0v) is 14.2. The van der Waals surface area contributed by atoms with Gasteiger partial charge in [0.2, 0.25) is 0 Å². The predicted octanol–water partition coefficient (Wildman–Crippen LogP) is 5.03. The van der Waals surface area contributed by atoms with E-state index >= 15 is 0 Å². The Labute approximate surface area is 128 Å². The normalized spacial score (nSPS) is 18.2. The maximum Gasteiger partial charge on any atom is 0.0962 e. The number of aryl methyl sites for hydroxylation is 1. The number of thiazole rings is 1. The Morgan fingerprint density at radius 3 is 2.45 bits per heavy atom. The van der Waals surface area contributed by atoms with Crippen molar-refractivity contribution in [1.82, 2.24) is 10.3 Å². The van der Waals surface area contributed by atoms with Crippen LogP contribution in [0.5, 0.6) is 0 Å². The SMILES string of the molecule is Cc1nc(C2CCCCCCC2)sc1CNCC(C)C. The molecule has 2 rings (SSSR count). The Balaban J connectivity index is 1.94. The van der Waals surface area contributed by atoms with Crippen molar-refractivity contribution in [2.75, 3.05) is 6.54 Å². The van der Waals surface area contributed by atoms with Crippen LogP contribution < -0.4 is 5.32 Å². The molecule has 1 aromatic rings. The minimum Gasteiger partial charge on any atom is -0.312 e. The minimum absolute atomic E-state index is 0.716. The number of aromatic nitrogens is 1. The first kappa shape index (κ1) is 16.0. The standard InChI is InChI=1S/C17H30N2S/c1-13(2)11-18-12-16-14(3)19-17(20-16)15-9-7-5-4-6-8-10-15/h13,15,18H,4-12H2,1-3H3. The fraction of sp³-hybridized carbons (Fsp3) is 0.824. The molecule has 1 aliphatic rings. The van der Waals surface area contributed by atoms with Crippen LogP contribution in [0, 0.1) is 12.8 Å². The molecule has 0 saturated heterocycles. The lowest BCUT2D eigenvalue weighted by molar-refractivity contribution is 0.454. The van der Waals surface area contributed by atoms with Crippen LogP contribution in [0.25, 0.3) is 0 Å². The molecule has 1 aliphatic carbocycles.